The summed E-state index contributed by atoms with van der Waals surface area (Å²) in [6.07, 6.45) is 9.00. The quantitative estimate of drug-likeness (QED) is 0.354. The predicted molar refractivity (Wildman–Crippen MR) is 145 cm³/mol. The van der Waals surface area contributed by atoms with Gasteiger partial charge in [-0.3, -0.25) is 9.69 Å². The summed E-state index contributed by atoms with van der Waals surface area (Å²) in [6, 6.07) is 17.3. The number of aryl methyl sites for hydroxylation is 2. The van der Waals surface area contributed by atoms with E-state index in [9.17, 15) is 4.79 Å². The van der Waals surface area contributed by atoms with Crippen molar-refractivity contribution in [2.45, 2.75) is 89.9 Å². The molecule has 0 amide bonds. The van der Waals surface area contributed by atoms with Gasteiger partial charge in [-0.25, -0.2) is 4.68 Å². The van der Waals surface area contributed by atoms with Crippen LogP contribution in [0.5, 0.6) is 0 Å². The van der Waals surface area contributed by atoms with Crippen LogP contribution in [0.15, 0.2) is 53.3 Å². The first-order valence-corrected chi connectivity index (χ1v) is 13.7. The molecule has 2 fully saturated rings. The van der Waals surface area contributed by atoms with E-state index in [2.05, 4.69) is 92.5 Å². The van der Waals surface area contributed by atoms with Gasteiger partial charge in [0, 0.05) is 18.7 Å². The smallest absolute Gasteiger partial charge is 0.252 e. The number of hydrogen-bond acceptors (Lipinski definition) is 5. The average molecular weight is 497 g/mol. The van der Waals surface area contributed by atoms with E-state index in [0.717, 1.165) is 72.9 Å². The molecule has 2 aliphatic rings. The van der Waals surface area contributed by atoms with Crippen LogP contribution in [0.4, 0.5) is 0 Å². The summed E-state index contributed by atoms with van der Waals surface area (Å²) in [7, 11) is 0. The van der Waals surface area contributed by atoms with Gasteiger partial charge >= 0.3 is 0 Å². The minimum atomic E-state index is -0.300. The molecule has 7 heteroatoms. The Morgan fingerprint density at radius 2 is 1.76 bits per heavy atom. The van der Waals surface area contributed by atoms with E-state index in [0.29, 0.717) is 12.6 Å². The number of rotatable bonds is 7. The first-order chi connectivity index (χ1) is 18.0. The molecule has 1 N–H and O–H groups in total. The molecular weight excluding hydrogens is 460 g/mol. The molecule has 7 nitrogen and oxygen atoms in total. The van der Waals surface area contributed by atoms with E-state index in [1.807, 2.05) is 0 Å². The third-order valence-corrected chi connectivity index (χ3v) is 8.56. The first-order valence-electron chi connectivity index (χ1n) is 13.7. The lowest BCUT2D eigenvalue weighted by molar-refractivity contribution is 0.0575. The van der Waals surface area contributed by atoms with Crippen molar-refractivity contribution >= 4 is 10.9 Å². The lowest BCUT2D eigenvalue weighted by atomic mass is 9.91. The number of benzene rings is 2. The van der Waals surface area contributed by atoms with E-state index in [1.54, 1.807) is 0 Å². The van der Waals surface area contributed by atoms with Crippen molar-refractivity contribution in [3.63, 3.8) is 0 Å². The summed E-state index contributed by atoms with van der Waals surface area (Å²) in [5, 5.41) is 14.5. The highest BCUT2D eigenvalue weighted by Crippen LogP contribution is 2.46. The Kier molecular flexibility index (Phi) is 6.41. The van der Waals surface area contributed by atoms with E-state index in [-0.39, 0.29) is 11.1 Å². The maximum absolute atomic E-state index is 13.4. The van der Waals surface area contributed by atoms with E-state index < -0.39 is 0 Å². The maximum Gasteiger partial charge on any atom is 0.252 e. The van der Waals surface area contributed by atoms with Crippen LogP contribution < -0.4 is 5.56 Å². The molecule has 0 saturated heterocycles. The number of fused-ring (bicyclic) bond motifs is 1. The number of aromatic amines is 1. The van der Waals surface area contributed by atoms with Crippen LogP contribution in [0.2, 0.25) is 0 Å². The molecule has 0 spiro atoms. The van der Waals surface area contributed by atoms with Gasteiger partial charge in [0.25, 0.3) is 5.56 Å². The van der Waals surface area contributed by atoms with Gasteiger partial charge in [-0.15, -0.1) is 5.10 Å². The Labute approximate surface area is 217 Å². The zero-order valence-electron chi connectivity index (χ0n) is 21.9. The van der Waals surface area contributed by atoms with Crippen molar-refractivity contribution in [1.29, 1.82) is 0 Å². The minimum Gasteiger partial charge on any atom is -0.321 e. The normalized spacial score (nSPS) is 17.8. The van der Waals surface area contributed by atoms with Gasteiger partial charge < -0.3 is 4.98 Å². The molecular formula is C30H36N6O. The number of nitrogens with zero attached hydrogens (tertiary/aromatic N) is 5. The fraction of sp³-hybridized carbons (Fsp3) is 0.467. The Morgan fingerprint density at radius 1 is 1.00 bits per heavy atom. The Hall–Kier alpha value is -3.32. The lowest BCUT2D eigenvalue weighted by Crippen LogP contribution is -2.46. The molecule has 6 rings (SSSR count). The molecule has 0 bridgehead atoms. The van der Waals surface area contributed by atoms with Crippen molar-refractivity contribution < 1.29 is 0 Å². The van der Waals surface area contributed by atoms with Gasteiger partial charge in [-0.2, -0.15) is 0 Å². The summed E-state index contributed by atoms with van der Waals surface area (Å²) in [5.74, 6) is 0.983. The second kappa shape index (κ2) is 9.86. The van der Waals surface area contributed by atoms with Gasteiger partial charge in [-0.1, -0.05) is 67.6 Å². The summed E-state index contributed by atoms with van der Waals surface area (Å²) in [6.45, 7) is 5.45. The van der Waals surface area contributed by atoms with Gasteiger partial charge in [0.05, 0.1) is 17.1 Å². The molecule has 0 unspecified atom stereocenters. The summed E-state index contributed by atoms with van der Waals surface area (Å²) >= 11 is 0. The highest BCUT2D eigenvalue weighted by Gasteiger charge is 2.46. The van der Waals surface area contributed by atoms with Crippen molar-refractivity contribution in [2.75, 3.05) is 0 Å². The molecule has 0 radical (unpaired) electrons. The zero-order chi connectivity index (χ0) is 25.4. The predicted octanol–water partition coefficient (Wildman–Crippen LogP) is 5.72. The molecule has 2 heterocycles. The molecule has 2 aliphatic carbocycles. The van der Waals surface area contributed by atoms with Crippen LogP contribution in [0.3, 0.4) is 0 Å². The van der Waals surface area contributed by atoms with Crippen LogP contribution in [0.25, 0.3) is 10.9 Å². The Morgan fingerprint density at radius 3 is 2.51 bits per heavy atom. The average Bonchev–Trinajstić information content (AvgIpc) is 3.66. The van der Waals surface area contributed by atoms with Gasteiger partial charge in [0.1, 0.15) is 0 Å². The molecule has 2 saturated carbocycles. The number of H-pyrrole nitrogens is 1. The van der Waals surface area contributed by atoms with Crippen molar-refractivity contribution in [2.24, 2.45) is 0 Å². The van der Waals surface area contributed by atoms with E-state index in [4.69, 9.17) is 0 Å². The van der Waals surface area contributed by atoms with Crippen LogP contribution in [-0.2, 0) is 18.6 Å². The third-order valence-electron chi connectivity index (χ3n) is 8.56. The van der Waals surface area contributed by atoms with Crippen molar-refractivity contribution in [3.05, 3.63) is 87.0 Å². The molecule has 37 heavy (non-hydrogen) atoms. The van der Waals surface area contributed by atoms with E-state index >= 15 is 0 Å². The van der Waals surface area contributed by atoms with Gasteiger partial charge in [0.2, 0.25) is 0 Å². The standard InChI is InChI=1S/C30H36N6O/c1-21-16-22(2)27-24(17-21)18-25(28(37)31-27)20-35(19-23-10-4-3-5-11-23)30(14-8-9-15-30)29-32-33-34-36(29)26-12-6-7-13-26/h3-5,10-11,16-18,26H,6-9,12-15,19-20H2,1-2H3,(H,31,37). The fourth-order valence-electron chi connectivity index (χ4n) is 6.75. The second-order valence-electron chi connectivity index (χ2n) is 11.1. The minimum absolute atomic E-state index is 0.0129. The van der Waals surface area contributed by atoms with Crippen LogP contribution in [-0.4, -0.2) is 30.1 Å². The number of hydrogen-bond donors (Lipinski definition) is 1. The molecule has 192 valence electrons. The highest BCUT2D eigenvalue weighted by molar-refractivity contribution is 5.82. The van der Waals surface area contributed by atoms with Gasteiger partial charge in [0.15, 0.2) is 5.82 Å². The number of tetrazole rings is 1. The van der Waals surface area contributed by atoms with Gasteiger partial charge in [-0.05, 0) is 78.6 Å². The number of pyridine rings is 1. The van der Waals surface area contributed by atoms with Crippen LogP contribution >= 0.6 is 0 Å². The second-order valence-corrected chi connectivity index (χ2v) is 11.1. The molecule has 2 aromatic carbocycles. The lowest BCUT2D eigenvalue weighted by Gasteiger charge is -2.41. The number of aromatic nitrogens is 5. The monoisotopic (exact) mass is 496 g/mol. The fourth-order valence-corrected chi connectivity index (χ4v) is 6.75. The van der Waals surface area contributed by atoms with Crippen molar-refractivity contribution in [1.82, 2.24) is 30.1 Å². The molecule has 0 aliphatic heterocycles. The zero-order valence-corrected chi connectivity index (χ0v) is 21.9. The Balaban J connectivity index is 1.46. The van der Waals surface area contributed by atoms with Crippen LogP contribution in [0, 0.1) is 13.8 Å². The van der Waals surface area contributed by atoms with Crippen LogP contribution in [0.1, 0.15) is 85.5 Å². The summed E-state index contributed by atoms with van der Waals surface area (Å²) < 4.78 is 2.13. The molecule has 4 aromatic rings. The van der Waals surface area contributed by atoms with Crippen molar-refractivity contribution in [3.8, 4) is 0 Å². The SMILES string of the molecule is Cc1cc(C)c2[nH]c(=O)c(CN(Cc3ccccc3)C3(c4nnnn4C4CCCC4)CCCC3)cc2c1. The largest absolute Gasteiger partial charge is 0.321 e. The molecule has 2 aromatic heterocycles. The van der Waals surface area contributed by atoms with E-state index in [1.165, 1.54) is 24.0 Å². The topological polar surface area (TPSA) is 79.7 Å². The Bertz CT molecular complexity index is 1440. The summed E-state index contributed by atoms with van der Waals surface area (Å²) in [5.41, 5.74) is 4.94. The highest BCUT2D eigenvalue weighted by atomic mass is 16.1. The number of nitrogens with one attached hydrogen (secondary N) is 1. The maximum atomic E-state index is 13.4. The summed E-state index contributed by atoms with van der Waals surface area (Å²) in [4.78, 5) is 19.1. The third kappa shape index (κ3) is 4.50. The molecule has 0 atom stereocenters. The first kappa shape index (κ1) is 24.0.